The Balaban J connectivity index is 1.25. The van der Waals surface area contributed by atoms with Gasteiger partial charge in [0.15, 0.2) is 5.13 Å². The van der Waals surface area contributed by atoms with E-state index < -0.39 is 0 Å². The molecule has 0 spiro atoms. The quantitative estimate of drug-likeness (QED) is 0.512. The molecule has 1 aromatic carbocycles. The van der Waals surface area contributed by atoms with Crippen molar-refractivity contribution in [2.45, 2.75) is 13.0 Å². The first-order chi connectivity index (χ1) is 14.7. The maximum absolute atomic E-state index is 12.4. The van der Waals surface area contributed by atoms with Crippen molar-refractivity contribution in [3.05, 3.63) is 46.3 Å². The van der Waals surface area contributed by atoms with Gasteiger partial charge < -0.3 is 15.0 Å². The lowest BCUT2D eigenvalue weighted by Crippen LogP contribution is -2.36. The fourth-order valence-corrected chi connectivity index (χ4v) is 5.16. The van der Waals surface area contributed by atoms with Crippen molar-refractivity contribution in [3.63, 3.8) is 0 Å². The predicted octanol–water partition coefficient (Wildman–Crippen LogP) is 2.93. The smallest absolute Gasteiger partial charge is 0.262 e. The summed E-state index contributed by atoms with van der Waals surface area (Å²) in [5.41, 5.74) is 1.53. The van der Waals surface area contributed by atoms with Crippen molar-refractivity contribution in [2.75, 3.05) is 36.5 Å². The summed E-state index contributed by atoms with van der Waals surface area (Å²) < 4.78 is 7.91. The molecule has 5 rings (SSSR count). The maximum Gasteiger partial charge on any atom is 0.262 e. The van der Waals surface area contributed by atoms with Gasteiger partial charge in [-0.05, 0) is 29.6 Å². The van der Waals surface area contributed by atoms with E-state index in [4.69, 9.17) is 9.72 Å². The molecule has 1 fully saturated rings. The van der Waals surface area contributed by atoms with Crippen LogP contribution < -0.4 is 15.8 Å². The first-order valence-corrected chi connectivity index (χ1v) is 11.3. The minimum atomic E-state index is -0.149. The highest BCUT2D eigenvalue weighted by atomic mass is 32.1. The number of morpholine rings is 1. The number of thiazole rings is 1. The second kappa shape index (κ2) is 8.13. The summed E-state index contributed by atoms with van der Waals surface area (Å²) in [4.78, 5) is 36.7. The van der Waals surface area contributed by atoms with Crippen LogP contribution in [0.25, 0.3) is 20.4 Å². The molecular weight excluding hydrogens is 422 g/mol. The summed E-state index contributed by atoms with van der Waals surface area (Å²) in [6.45, 7) is 3.40. The molecule has 4 heterocycles. The molecule has 10 heteroatoms. The number of aromatic nitrogens is 3. The number of hydrogen-bond acceptors (Lipinski definition) is 8. The average Bonchev–Trinajstić information content (AvgIpc) is 3.41. The van der Waals surface area contributed by atoms with E-state index in [2.05, 4.69) is 15.2 Å². The molecule has 1 amide bonds. The second-order valence-electron chi connectivity index (χ2n) is 6.96. The average molecular weight is 442 g/mol. The molecule has 4 aromatic rings. The Morgan fingerprint density at radius 2 is 2.10 bits per heavy atom. The lowest BCUT2D eigenvalue weighted by molar-refractivity contribution is -0.116. The van der Waals surface area contributed by atoms with Crippen LogP contribution in [-0.4, -0.2) is 46.7 Å². The van der Waals surface area contributed by atoms with Gasteiger partial charge in [-0.15, -0.1) is 11.3 Å². The molecule has 1 aliphatic heterocycles. The lowest BCUT2D eigenvalue weighted by Gasteiger charge is -2.25. The number of benzene rings is 1. The molecule has 0 radical (unpaired) electrons. The van der Waals surface area contributed by atoms with Crippen molar-refractivity contribution in [3.8, 4) is 0 Å². The van der Waals surface area contributed by atoms with Crippen LogP contribution in [0.3, 0.4) is 0 Å². The summed E-state index contributed by atoms with van der Waals surface area (Å²) in [6, 6.07) is 7.49. The number of carbonyl (C=O) groups is 1. The number of anilines is 2. The van der Waals surface area contributed by atoms with Crippen molar-refractivity contribution < 1.29 is 9.53 Å². The Morgan fingerprint density at radius 1 is 1.23 bits per heavy atom. The second-order valence-corrected chi connectivity index (χ2v) is 8.86. The molecule has 1 N–H and O–H groups in total. The number of carbonyl (C=O) groups excluding carboxylic acids is 1. The molecular formula is C20H19N5O3S2. The van der Waals surface area contributed by atoms with E-state index in [1.54, 1.807) is 17.4 Å². The van der Waals surface area contributed by atoms with Crippen LogP contribution in [0.5, 0.6) is 0 Å². The van der Waals surface area contributed by atoms with E-state index in [0.29, 0.717) is 5.39 Å². The van der Waals surface area contributed by atoms with E-state index in [-0.39, 0.29) is 24.4 Å². The Morgan fingerprint density at radius 3 is 2.97 bits per heavy atom. The Kier molecular flexibility index (Phi) is 5.19. The normalized spacial score (nSPS) is 14.5. The number of rotatable bonds is 5. The number of fused-ring (bicyclic) bond motifs is 2. The van der Waals surface area contributed by atoms with E-state index in [0.717, 1.165) is 52.2 Å². The van der Waals surface area contributed by atoms with Gasteiger partial charge in [0.2, 0.25) is 5.91 Å². The minimum absolute atomic E-state index is 0.115. The third-order valence-corrected chi connectivity index (χ3v) is 6.87. The van der Waals surface area contributed by atoms with Crippen LogP contribution in [0.2, 0.25) is 0 Å². The van der Waals surface area contributed by atoms with Gasteiger partial charge in [-0.3, -0.25) is 14.2 Å². The van der Waals surface area contributed by atoms with Gasteiger partial charge in [0.25, 0.3) is 5.56 Å². The van der Waals surface area contributed by atoms with Crippen LogP contribution >= 0.6 is 22.7 Å². The lowest BCUT2D eigenvalue weighted by atomic mass is 10.3. The number of nitrogens with one attached hydrogen (secondary N) is 1. The molecule has 154 valence electrons. The van der Waals surface area contributed by atoms with Crippen LogP contribution in [0.4, 0.5) is 10.8 Å². The van der Waals surface area contributed by atoms with Gasteiger partial charge in [0.1, 0.15) is 4.83 Å². The van der Waals surface area contributed by atoms with Gasteiger partial charge in [-0.1, -0.05) is 11.3 Å². The molecule has 0 aliphatic carbocycles. The van der Waals surface area contributed by atoms with Gasteiger partial charge in [-0.2, -0.15) is 0 Å². The highest BCUT2D eigenvalue weighted by Crippen LogP contribution is 2.31. The molecule has 0 unspecified atom stereocenters. The molecule has 0 saturated carbocycles. The number of nitrogens with zero attached hydrogens (tertiary/aromatic N) is 4. The van der Waals surface area contributed by atoms with E-state index in [1.807, 2.05) is 23.6 Å². The number of amides is 1. The van der Waals surface area contributed by atoms with Crippen molar-refractivity contribution in [2.24, 2.45) is 0 Å². The molecule has 0 bridgehead atoms. The van der Waals surface area contributed by atoms with Gasteiger partial charge in [0, 0.05) is 31.7 Å². The number of thiophene rings is 1. The summed E-state index contributed by atoms with van der Waals surface area (Å²) >= 11 is 3.05. The highest BCUT2D eigenvalue weighted by molar-refractivity contribution is 7.22. The first-order valence-electron chi connectivity index (χ1n) is 9.63. The molecule has 1 aliphatic rings. The first kappa shape index (κ1) is 19.2. The fourth-order valence-electron chi connectivity index (χ4n) is 3.38. The monoisotopic (exact) mass is 441 g/mol. The van der Waals surface area contributed by atoms with Crippen molar-refractivity contribution in [1.29, 1.82) is 0 Å². The van der Waals surface area contributed by atoms with Gasteiger partial charge in [0.05, 0.1) is 35.1 Å². The van der Waals surface area contributed by atoms with Gasteiger partial charge in [-0.25, -0.2) is 9.97 Å². The number of ether oxygens (including phenoxy) is 1. The standard InChI is InChI=1S/C20H19N5O3S2/c26-17(3-5-25-12-21-18-14(19(25)27)4-10-29-18)22-13-1-2-15-16(11-13)30-20(23-15)24-6-8-28-9-7-24/h1-2,4,10-12H,3,5-9H2,(H,22,26). The third kappa shape index (κ3) is 3.81. The SMILES string of the molecule is O=C(CCn1cnc2sccc2c1=O)Nc1ccc2nc(N3CCOCC3)sc2c1. The summed E-state index contributed by atoms with van der Waals surface area (Å²) in [6.07, 6.45) is 1.70. The molecule has 8 nitrogen and oxygen atoms in total. The molecule has 1 saturated heterocycles. The molecule has 3 aromatic heterocycles. The number of aryl methyl sites for hydroxylation is 1. The van der Waals surface area contributed by atoms with Crippen LogP contribution in [0.1, 0.15) is 6.42 Å². The molecule has 30 heavy (non-hydrogen) atoms. The van der Waals surface area contributed by atoms with Gasteiger partial charge >= 0.3 is 0 Å². The minimum Gasteiger partial charge on any atom is -0.378 e. The Hall–Kier alpha value is -2.82. The Labute approximate surface area is 179 Å². The van der Waals surface area contributed by atoms with Crippen LogP contribution in [0.15, 0.2) is 40.8 Å². The van der Waals surface area contributed by atoms with E-state index in [1.165, 1.54) is 22.2 Å². The summed E-state index contributed by atoms with van der Waals surface area (Å²) in [7, 11) is 0. The van der Waals surface area contributed by atoms with Crippen molar-refractivity contribution in [1.82, 2.24) is 14.5 Å². The zero-order valence-electron chi connectivity index (χ0n) is 16.0. The van der Waals surface area contributed by atoms with Crippen LogP contribution in [-0.2, 0) is 16.1 Å². The zero-order valence-corrected chi connectivity index (χ0v) is 17.7. The van der Waals surface area contributed by atoms with E-state index >= 15 is 0 Å². The largest absolute Gasteiger partial charge is 0.378 e. The Bertz CT molecular complexity index is 1270. The van der Waals surface area contributed by atoms with Crippen molar-refractivity contribution >= 4 is 59.8 Å². The number of hydrogen-bond donors (Lipinski definition) is 1. The summed E-state index contributed by atoms with van der Waals surface area (Å²) in [5.74, 6) is -0.149. The van der Waals surface area contributed by atoms with Crippen LogP contribution in [0, 0.1) is 0 Å². The highest BCUT2D eigenvalue weighted by Gasteiger charge is 2.16. The van der Waals surface area contributed by atoms with E-state index in [9.17, 15) is 9.59 Å². The topological polar surface area (TPSA) is 89.3 Å². The summed E-state index contributed by atoms with van der Waals surface area (Å²) in [5, 5.41) is 6.33. The maximum atomic E-state index is 12.4. The predicted molar refractivity (Wildman–Crippen MR) is 120 cm³/mol. The zero-order chi connectivity index (χ0) is 20.5. The third-order valence-electron chi connectivity index (χ3n) is 4.97. The fraction of sp³-hybridized carbons (Fsp3) is 0.300. The molecule has 0 atom stereocenters.